The molecular formula is C13H19BrClN. The highest BCUT2D eigenvalue weighted by molar-refractivity contribution is 9.08. The summed E-state index contributed by atoms with van der Waals surface area (Å²) in [5.74, 6) is 0. The molecule has 0 aliphatic rings. The van der Waals surface area contributed by atoms with Crippen LogP contribution in [0.4, 0.5) is 5.69 Å². The molecule has 1 rings (SSSR count). The number of rotatable bonds is 3. The number of benzene rings is 1. The number of hydrogen-bond acceptors (Lipinski definition) is 1. The van der Waals surface area contributed by atoms with Gasteiger partial charge in [0.1, 0.15) is 0 Å². The summed E-state index contributed by atoms with van der Waals surface area (Å²) in [5.41, 5.74) is 2.59. The third-order valence-corrected chi connectivity index (χ3v) is 3.29. The molecule has 0 heterocycles. The van der Waals surface area contributed by atoms with Crippen LogP contribution in [0.1, 0.15) is 26.3 Å². The van der Waals surface area contributed by atoms with Crippen LogP contribution in [0.2, 0.25) is 5.02 Å². The fraction of sp³-hybridized carbons (Fsp3) is 0.538. The van der Waals surface area contributed by atoms with E-state index in [9.17, 15) is 0 Å². The Kier molecular flexibility index (Phi) is 4.69. The number of hydrogen-bond donors (Lipinski definition) is 0. The molecular weight excluding hydrogens is 286 g/mol. The Morgan fingerprint density at radius 2 is 1.94 bits per heavy atom. The van der Waals surface area contributed by atoms with E-state index >= 15 is 0 Å². The van der Waals surface area contributed by atoms with Crippen LogP contribution in [0, 0.1) is 5.41 Å². The van der Waals surface area contributed by atoms with Crippen molar-refractivity contribution in [2.75, 3.05) is 18.5 Å². The highest BCUT2D eigenvalue weighted by atomic mass is 79.9. The smallest absolute Gasteiger partial charge is 0.0467 e. The lowest BCUT2D eigenvalue weighted by atomic mass is 9.96. The van der Waals surface area contributed by atoms with E-state index in [2.05, 4.69) is 60.8 Å². The maximum atomic E-state index is 6.19. The molecule has 1 aromatic rings. The van der Waals surface area contributed by atoms with Crippen LogP contribution in [0.15, 0.2) is 18.2 Å². The van der Waals surface area contributed by atoms with E-state index in [0.717, 1.165) is 22.5 Å². The van der Waals surface area contributed by atoms with E-state index in [1.54, 1.807) is 0 Å². The average Bonchev–Trinajstić information content (AvgIpc) is 2.15. The summed E-state index contributed by atoms with van der Waals surface area (Å²) < 4.78 is 0. The van der Waals surface area contributed by atoms with Crippen LogP contribution in [0.3, 0.4) is 0 Å². The monoisotopic (exact) mass is 303 g/mol. The second-order valence-corrected chi connectivity index (χ2v) is 6.29. The standard InChI is InChI=1S/C13H19BrClN/c1-13(2,3)9-16(4)11-6-5-10(8-14)12(15)7-11/h5-7H,8-9H2,1-4H3. The zero-order valence-corrected chi connectivity index (χ0v) is 12.7. The predicted molar refractivity (Wildman–Crippen MR) is 76.8 cm³/mol. The summed E-state index contributed by atoms with van der Waals surface area (Å²) in [4.78, 5) is 2.24. The zero-order chi connectivity index (χ0) is 12.3. The van der Waals surface area contributed by atoms with Gasteiger partial charge in [-0.2, -0.15) is 0 Å². The number of anilines is 1. The highest BCUT2D eigenvalue weighted by Crippen LogP contribution is 2.26. The quantitative estimate of drug-likeness (QED) is 0.731. The zero-order valence-electron chi connectivity index (χ0n) is 10.3. The lowest BCUT2D eigenvalue weighted by molar-refractivity contribution is 0.419. The van der Waals surface area contributed by atoms with Crippen molar-refractivity contribution in [2.24, 2.45) is 5.41 Å². The van der Waals surface area contributed by atoms with Crippen LogP contribution < -0.4 is 4.90 Å². The summed E-state index contributed by atoms with van der Waals surface area (Å²) in [5, 5.41) is 1.63. The first kappa shape index (κ1) is 13.9. The van der Waals surface area contributed by atoms with Gasteiger partial charge in [-0.15, -0.1) is 0 Å². The molecule has 90 valence electrons. The van der Waals surface area contributed by atoms with Gasteiger partial charge in [0.2, 0.25) is 0 Å². The van der Waals surface area contributed by atoms with Gasteiger partial charge in [-0.3, -0.25) is 0 Å². The molecule has 0 aliphatic heterocycles. The van der Waals surface area contributed by atoms with Gasteiger partial charge in [0.05, 0.1) is 0 Å². The SMILES string of the molecule is CN(CC(C)(C)C)c1ccc(CBr)c(Cl)c1. The third kappa shape index (κ3) is 3.99. The molecule has 0 amide bonds. The Labute approximate surface area is 112 Å². The van der Waals surface area contributed by atoms with Crippen molar-refractivity contribution in [1.29, 1.82) is 0 Å². The first-order valence-corrected chi connectivity index (χ1v) is 6.89. The largest absolute Gasteiger partial charge is 0.374 e. The van der Waals surface area contributed by atoms with E-state index < -0.39 is 0 Å². The second-order valence-electron chi connectivity index (χ2n) is 5.33. The molecule has 0 fully saturated rings. The molecule has 0 bridgehead atoms. The Morgan fingerprint density at radius 3 is 2.38 bits per heavy atom. The van der Waals surface area contributed by atoms with Crippen molar-refractivity contribution in [3.63, 3.8) is 0 Å². The summed E-state index contributed by atoms with van der Waals surface area (Å²) in [6, 6.07) is 6.23. The Bertz CT molecular complexity index is 357. The van der Waals surface area contributed by atoms with E-state index in [-0.39, 0.29) is 5.41 Å². The second kappa shape index (κ2) is 5.42. The van der Waals surface area contributed by atoms with Gasteiger partial charge >= 0.3 is 0 Å². The first-order valence-electron chi connectivity index (χ1n) is 5.39. The predicted octanol–water partition coefficient (Wildman–Crippen LogP) is 4.72. The maximum absolute atomic E-state index is 6.19. The van der Waals surface area contributed by atoms with Crippen LogP contribution in [-0.4, -0.2) is 13.6 Å². The van der Waals surface area contributed by atoms with E-state index in [0.29, 0.717) is 0 Å². The molecule has 0 aliphatic carbocycles. The van der Waals surface area contributed by atoms with Crippen molar-refractivity contribution in [3.8, 4) is 0 Å². The molecule has 1 nitrogen and oxygen atoms in total. The Hall–Kier alpha value is -0.210. The number of halogens is 2. The van der Waals surface area contributed by atoms with Gasteiger partial charge in [-0.25, -0.2) is 0 Å². The normalized spacial score (nSPS) is 11.6. The summed E-state index contributed by atoms with van der Waals surface area (Å²) in [6.45, 7) is 7.71. The molecule has 0 spiro atoms. The molecule has 16 heavy (non-hydrogen) atoms. The topological polar surface area (TPSA) is 3.24 Å². The van der Waals surface area contributed by atoms with Crippen LogP contribution in [-0.2, 0) is 5.33 Å². The first-order chi connectivity index (χ1) is 7.33. The van der Waals surface area contributed by atoms with Gasteiger partial charge in [0.15, 0.2) is 0 Å². The van der Waals surface area contributed by atoms with Crippen molar-refractivity contribution in [2.45, 2.75) is 26.1 Å². The fourth-order valence-electron chi connectivity index (χ4n) is 1.68. The van der Waals surface area contributed by atoms with Gasteiger partial charge < -0.3 is 4.90 Å². The van der Waals surface area contributed by atoms with E-state index in [4.69, 9.17) is 11.6 Å². The van der Waals surface area contributed by atoms with Crippen LogP contribution >= 0.6 is 27.5 Å². The van der Waals surface area contributed by atoms with Gasteiger partial charge in [0.25, 0.3) is 0 Å². The summed E-state index contributed by atoms with van der Waals surface area (Å²) >= 11 is 9.61. The van der Waals surface area contributed by atoms with Crippen LogP contribution in [0.25, 0.3) is 0 Å². The third-order valence-electron chi connectivity index (χ3n) is 2.33. The van der Waals surface area contributed by atoms with Crippen molar-refractivity contribution in [3.05, 3.63) is 28.8 Å². The van der Waals surface area contributed by atoms with Gasteiger partial charge in [-0.1, -0.05) is 54.4 Å². The minimum Gasteiger partial charge on any atom is -0.374 e. The van der Waals surface area contributed by atoms with Crippen molar-refractivity contribution >= 4 is 33.2 Å². The minimum absolute atomic E-state index is 0.287. The maximum Gasteiger partial charge on any atom is 0.0467 e. The molecule has 0 N–H and O–H groups in total. The molecule has 0 unspecified atom stereocenters. The lowest BCUT2D eigenvalue weighted by Crippen LogP contribution is -2.29. The average molecular weight is 305 g/mol. The van der Waals surface area contributed by atoms with E-state index in [1.807, 2.05) is 6.07 Å². The Balaban J connectivity index is 2.85. The van der Waals surface area contributed by atoms with Gasteiger partial charge in [0, 0.05) is 29.6 Å². The number of alkyl halides is 1. The van der Waals surface area contributed by atoms with Crippen molar-refractivity contribution in [1.82, 2.24) is 0 Å². The lowest BCUT2D eigenvalue weighted by Gasteiger charge is -2.28. The van der Waals surface area contributed by atoms with Crippen LogP contribution in [0.5, 0.6) is 0 Å². The molecule has 0 saturated carbocycles. The minimum atomic E-state index is 0.287. The van der Waals surface area contributed by atoms with E-state index in [1.165, 1.54) is 5.69 Å². The summed E-state index contributed by atoms with van der Waals surface area (Å²) in [7, 11) is 2.10. The molecule has 0 aromatic heterocycles. The summed E-state index contributed by atoms with van der Waals surface area (Å²) in [6.07, 6.45) is 0. The molecule has 3 heteroatoms. The molecule has 1 aromatic carbocycles. The van der Waals surface area contributed by atoms with Crippen molar-refractivity contribution < 1.29 is 0 Å². The number of nitrogens with zero attached hydrogens (tertiary/aromatic N) is 1. The molecule has 0 saturated heterocycles. The molecule has 0 atom stereocenters. The van der Waals surface area contributed by atoms with Gasteiger partial charge in [-0.05, 0) is 23.1 Å². The highest BCUT2D eigenvalue weighted by Gasteiger charge is 2.14. The molecule has 0 radical (unpaired) electrons. The fourth-order valence-corrected chi connectivity index (χ4v) is 2.58. The Morgan fingerprint density at radius 1 is 1.31 bits per heavy atom.